The molecule has 170 valence electrons. The van der Waals surface area contributed by atoms with Crippen LogP contribution in [0.15, 0.2) is 24.3 Å². The molecular weight excluding hydrogens is 444 g/mol. The molecule has 2 aromatic heterocycles. The van der Waals surface area contributed by atoms with E-state index in [2.05, 4.69) is 58.7 Å². The Morgan fingerprint density at radius 3 is 1.34 bits per heavy atom. The summed E-state index contributed by atoms with van der Waals surface area (Å²) in [5, 5.41) is 24.9. The zero-order valence-electron chi connectivity index (χ0n) is 18.7. The van der Waals surface area contributed by atoms with Crippen molar-refractivity contribution < 1.29 is 9.59 Å². The Labute approximate surface area is 195 Å². The van der Waals surface area contributed by atoms with Crippen LogP contribution in [0.1, 0.15) is 95.9 Å². The van der Waals surface area contributed by atoms with Crippen LogP contribution in [0.25, 0.3) is 0 Å². The summed E-state index contributed by atoms with van der Waals surface area (Å²) >= 11 is 2.80. The Morgan fingerprint density at radius 1 is 0.688 bits per heavy atom. The summed E-state index contributed by atoms with van der Waals surface area (Å²) in [6.45, 7) is 8.45. The molecule has 2 N–H and O–H groups in total. The molecule has 3 aromatic rings. The van der Waals surface area contributed by atoms with E-state index in [1.165, 1.54) is 22.7 Å². The maximum Gasteiger partial charge on any atom is 0.257 e. The first-order valence-electron chi connectivity index (χ1n) is 10.9. The molecule has 1 aromatic carbocycles. The summed E-state index contributed by atoms with van der Waals surface area (Å²) in [5.74, 6) is 0.135. The van der Waals surface area contributed by atoms with Gasteiger partial charge in [0.1, 0.15) is 10.0 Å². The summed E-state index contributed by atoms with van der Waals surface area (Å²) in [6.07, 6.45) is 3.94. The minimum Gasteiger partial charge on any atom is -0.296 e. The van der Waals surface area contributed by atoms with Gasteiger partial charge >= 0.3 is 0 Å². The van der Waals surface area contributed by atoms with Gasteiger partial charge in [0.05, 0.1) is 0 Å². The van der Waals surface area contributed by atoms with E-state index in [1.54, 1.807) is 24.3 Å². The third-order valence-electron chi connectivity index (χ3n) is 5.40. The van der Waals surface area contributed by atoms with Crippen LogP contribution in [-0.4, -0.2) is 32.2 Å². The molecule has 0 aliphatic heterocycles. The van der Waals surface area contributed by atoms with Gasteiger partial charge in [-0.15, -0.1) is 20.4 Å². The van der Waals surface area contributed by atoms with Crippen molar-refractivity contribution >= 4 is 44.8 Å². The number of benzene rings is 1. The molecule has 3 rings (SSSR count). The Hall–Kier alpha value is -2.72. The average molecular weight is 473 g/mol. The van der Waals surface area contributed by atoms with Gasteiger partial charge in [-0.2, -0.15) is 0 Å². The molecule has 0 radical (unpaired) electrons. The summed E-state index contributed by atoms with van der Waals surface area (Å²) in [5.41, 5.74) is 0.875. The molecule has 0 spiro atoms. The highest BCUT2D eigenvalue weighted by Gasteiger charge is 2.17. The van der Waals surface area contributed by atoms with Crippen LogP contribution in [0.5, 0.6) is 0 Å². The molecule has 0 aliphatic carbocycles. The second-order valence-corrected chi connectivity index (χ2v) is 9.42. The van der Waals surface area contributed by atoms with Crippen molar-refractivity contribution in [2.45, 2.75) is 65.2 Å². The van der Waals surface area contributed by atoms with E-state index >= 15 is 0 Å². The summed E-state index contributed by atoms with van der Waals surface area (Å²) in [4.78, 5) is 25.1. The second-order valence-electron chi connectivity index (χ2n) is 7.40. The van der Waals surface area contributed by atoms with Crippen molar-refractivity contribution in [1.29, 1.82) is 0 Å². The maximum absolute atomic E-state index is 12.5. The van der Waals surface area contributed by atoms with Gasteiger partial charge in [0.2, 0.25) is 10.3 Å². The highest BCUT2D eigenvalue weighted by molar-refractivity contribution is 7.15. The van der Waals surface area contributed by atoms with Gasteiger partial charge in [-0.25, -0.2) is 0 Å². The fourth-order valence-corrected chi connectivity index (χ4v) is 5.30. The normalized spacial score (nSPS) is 11.2. The summed E-state index contributed by atoms with van der Waals surface area (Å²) in [7, 11) is 0. The van der Waals surface area contributed by atoms with Gasteiger partial charge in [0, 0.05) is 23.0 Å². The van der Waals surface area contributed by atoms with Crippen LogP contribution < -0.4 is 10.6 Å². The van der Waals surface area contributed by atoms with Crippen LogP contribution in [0.2, 0.25) is 0 Å². The number of nitrogens with zero attached hydrogens (tertiary/aromatic N) is 4. The average Bonchev–Trinajstić information content (AvgIpc) is 3.46. The van der Waals surface area contributed by atoms with E-state index in [9.17, 15) is 9.59 Å². The minimum atomic E-state index is -0.289. The van der Waals surface area contributed by atoms with E-state index < -0.39 is 0 Å². The smallest absolute Gasteiger partial charge is 0.257 e. The van der Waals surface area contributed by atoms with Crippen molar-refractivity contribution in [3.8, 4) is 0 Å². The van der Waals surface area contributed by atoms with E-state index in [-0.39, 0.29) is 11.8 Å². The Morgan fingerprint density at radius 2 is 1.03 bits per heavy atom. The SMILES string of the molecule is CCC(CC)c1nnc(NC(=O)c2ccc(C(=O)Nc3nnc(C(CC)CC)s3)cc2)s1. The number of carbonyl (C=O) groups excluding carboxylic acids is 2. The van der Waals surface area contributed by atoms with Crippen molar-refractivity contribution in [3.63, 3.8) is 0 Å². The Balaban J connectivity index is 1.60. The summed E-state index contributed by atoms with van der Waals surface area (Å²) < 4.78 is 0. The van der Waals surface area contributed by atoms with Crippen LogP contribution in [0, 0.1) is 0 Å². The topological polar surface area (TPSA) is 110 Å². The predicted octanol–water partition coefficient (Wildman–Crippen LogP) is 5.70. The Kier molecular flexibility index (Phi) is 8.40. The molecule has 2 heterocycles. The monoisotopic (exact) mass is 472 g/mol. The van der Waals surface area contributed by atoms with Gasteiger partial charge < -0.3 is 0 Å². The van der Waals surface area contributed by atoms with Crippen molar-refractivity contribution in [2.24, 2.45) is 0 Å². The zero-order valence-corrected chi connectivity index (χ0v) is 20.3. The van der Waals surface area contributed by atoms with E-state index in [4.69, 9.17) is 0 Å². The number of nitrogens with one attached hydrogen (secondary N) is 2. The lowest BCUT2D eigenvalue weighted by Crippen LogP contribution is -2.14. The van der Waals surface area contributed by atoms with Crippen LogP contribution in [0.3, 0.4) is 0 Å². The molecule has 2 amide bonds. The van der Waals surface area contributed by atoms with Crippen molar-refractivity contribution in [1.82, 2.24) is 20.4 Å². The molecule has 0 saturated carbocycles. The van der Waals surface area contributed by atoms with Crippen molar-refractivity contribution in [2.75, 3.05) is 10.6 Å². The lowest BCUT2D eigenvalue weighted by molar-refractivity contribution is 0.101. The van der Waals surface area contributed by atoms with E-state index in [0.717, 1.165) is 35.7 Å². The van der Waals surface area contributed by atoms with Gasteiger partial charge in [0.25, 0.3) is 11.8 Å². The van der Waals surface area contributed by atoms with Crippen LogP contribution in [0.4, 0.5) is 10.3 Å². The lowest BCUT2D eigenvalue weighted by Gasteiger charge is -2.06. The molecule has 0 atom stereocenters. The first-order valence-corrected chi connectivity index (χ1v) is 12.5. The van der Waals surface area contributed by atoms with E-state index in [0.29, 0.717) is 33.2 Å². The third-order valence-corrected chi connectivity index (χ3v) is 7.40. The molecule has 10 heteroatoms. The number of hydrogen-bond donors (Lipinski definition) is 2. The lowest BCUT2D eigenvalue weighted by atomic mass is 10.1. The predicted molar refractivity (Wildman–Crippen MR) is 129 cm³/mol. The zero-order chi connectivity index (χ0) is 23.1. The number of rotatable bonds is 10. The van der Waals surface area contributed by atoms with Gasteiger partial charge in [-0.3, -0.25) is 20.2 Å². The van der Waals surface area contributed by atoms with Gasteiger partial charge in [-0.1, -0.05) is 50.4 Å². The largest absolute Gasteiger partial charge is 0.296 e. The number of amides is 2. The second kappa shape index (κ2) is 11.2. The molecule has 0 saturated heterocycles. The first kappa shape index (κ1) is 23.9. The standard InChI is InChI=1S/C22H28N6O2S2/c1-5-13(6-2)19-25-27-21(31-19)23-17(29)15-9-11-16(12-10-15)18(30)24-22-28-26-20(32-22)14(7-3)8-4/h9-14H,5-8H2,1-4H3,(H,23,27,29)(H,24,28,30). The quantitative estimate of drug-likeness (QED) is 0.391. The molecular formula is C22H28N6O2S2. The third kappa shape index (κ3) is 5.74. The highest BCUT2D eigenvalue weighted by Crippen LogP contribution is 2.29. The highest BCUT2D eigenvalue weighted by atomic mass is 32.1. The van der Waals surface area contributed by atoms with Crippen LogP contribution in [-0.2, 0) is 0 Å². The Bertz CT molecular complexity index is 956. The minimum absolute atomic E-state index is 0.289. The van der Waals surface area contributed by atoms with E-state index in [1.807, 2.05) is 0 Å². The number of hydrogen-bond acceptors (Lipinski definition) is 8. The molecule has 0 fully saturated rings. The fourth-order valence-electron chi connectivity index (χ4n) is 3.29. The van der Waals surface area contributed by atoms with Gasteiger partial charge in [-0.05, 0) is 49.9 Å². The molecule has 0 aliphatic rings. The molecule has 0 unspecified atom stereocenters. The van der Waals surface area contributed by atoms with Gasteiger partial charge in [0.15, 0.2) is 0 Å². The summed E-state index contributed by atoms with van der Waals surface area (Å²) in [6, 6.07) is 6.46. The number of anilines is 2. The number of carbonyl (C=O) groups is 2. The number of aromatic nitrogens is 4. The maximum atomic E-state index is 12.5. The van der Waals surface area contributed by atoms with Crippen LogP contribution >= 0.6 is 22.7 Å². The fraction of sp³-hybridized carbons (Fsp3) is 0.455. The molecule has 0 bridgehead atoms. The molecule has 8 nitrogen and oxygen atoms in total. The van der Waals surface area contributed by atoms with Crippen molar-refractivity contribution in [3.05, 3.63) is 45.4 Å². The molecule has 32 heavy (non-hydrogen) atoms. The first-order chi connectivity index (χ1) is 15.5.